The van der Waals surface area contributed by atoms with Gasteiger partial charge in [0.15, 0.2) is 5.03 Å². The van der Waals surface area contributed by atoms with Crippen molar-refractivity contribution in [2.24, 2.45) is 5.73 Å². The molecule has 2 heterocycles. The molecule has 0 aromatic carbocycles. The molecule has 0 spiro atoms. The maximum Gasteiger partial charge on any atom is 0.259 e. The van der Waals surface area contributed by atoms with Crippen LogP contribution < -0.4 is 10.5 Å². The van der Waals surface area contributed by atoms with E-state index in [0.29, 0.717) is 0 Å². The minimum atomic E-state index is -3.49. The standard InChI is InChI=1S/C13H22N4O2S/c14-10-4-6-11(7-5-10)16-20(18,19)13-9-17-8-2-1-3-12(17)15-13/h9-11,16H,1-8,14H2. The first kappa shape index (κ1) is 14.0. The number of sulfonamides is 1. The summed E-state index contributed by atoms with van der Waals surface area (Å²) in [5.41, 5.74) is 5.85. The average Bonchev–Trinajstić information content (AvgIpc) is 2.86. The number of fused-ring (bicyclic) bond motifs is 1. The third-order valence-corrected chi connectivity index (χ3v) is 5.65. The van der Waals surface area contributed by atoms with Crippen LogP contribution in [0.3, 0.4) is 0 Å². The van der Waals surface area contributed by atoms with Gasteiger partial charge in [-0.3, -0.25) is 0 Å². The Balaban J connectivity index is 1.73. The van der Waals surface area contributed by atoms with Crippen LogP contribution in [0.25, 0.3) is 0 Å². The predicted molar refractivity (Wildman–Crippen MR) is 75.7 cm³/mol. The van der Waals surface area contributed by atoms with E-state index in [0.717, 1.165) is 57.3 Å². The van der Waals surface area contributed by atoms with Crippen LogP contribution in [0.2, 0.25) is 0 Å². The zero-order valence-corrected chi connectivity index (χ0v) is 12.4. The van der Waals surface area contributed by atoms with Gasteiger partial charge in [0.2, 0.25) is 0 Å². The smallest absolute Gasteiger partial charge is 0.259 e. The number of nitrogens with one attached hydrogen (secondary N) is 1. The van der Waals surface area contributed by atoms with Crippen LogP contribution in [0, 0.1) is 0 Å². The Morgan fingerprint density at radius 3 is 2.70 bits per heavy atom. The summed E-state index contributed by atoms with van der Waals surface area (Å²) in [7, 11) is -3.49. The van der Waals surface area contributed by atoms with Gasteiger partial charge in [-0.05, 0) is 38.5 Å². The Hall–Kier alpha value is -0.920. The van der Waals surface area contributed by atoms with Gasteiger partial charge in [0.1, 0.15) is 5.82 Å². The summed E-state index contributed by atoms with van der Waals surface area (Å²) in [6.45, 7) is 0.871. The van der Waals surface area contributed by atoms with Gasteiger partial charge in [-0.2, -0.15) is 0 Å². The van der Waals surface area contributed by atoms with Crippen molar-refractivity contribution < 1.29 is 8.42 Å². The predicted octanol–water partition coefficient (Wildman–Crippen LogP) is 0.768. The first-order valence-electron chi connectivity index (χ1n) is 7.38. The van der Waals surface area contributed by atoms with Crippen molar-refractivity contribution in [2.45, 2.75) is 68.6 Å². The summed E-state index contributed by atoms with van der Waals surface area (Å²) in [6.07, 6.45) is 8.11. The number of nitrogens with zero attached hydrogens (tertiary/aromatic N) is 2. The molecule has 0 saturated heterocycles. The minimum Gasteiger partial charge on any atom is -0.333 e. The molecule has 1 aliphatic heterocycles. The van der Waals surface area contributed by atoms with Crippen molar-refractivity contribution in [3.05, 3.63) is 12.0 Å². The van der Waals surface area contributed by atoms with E-state index in [1.165, 1.54) is 0 Å². The SMILES string of the molecule is NC1CCC(NS(=O)(=O)c2cn3c(n2)CCCC3)CC1. The minimum absolute atomic E-state index is 0.00136. The van der Waals surface area contributed by atoms with Crippen LogP contribution in [0.15, 0.2) is 11.2 Å². The molecule has 20 heavy (non-hydrogen) atoms. The summed E-state index contributed by atoms with van der Waals surface area (Å²) >= 11 is 0. The summed E-state index contributed by atoms with van der Waals surface area (Å²) in [5.74, 6) is 0.891. The van der Waals surface area contributed by atoms with Crippen LogP contribution in [0.4, 0.5) is 0 Å². The van der Waals surface area contributed by atoms with Crippen molar-refractivity contribution in [3.8, 4) is 0 Å². The molecule has 0 atom stereocenters. The number of aromatic nitrogens is 2. The van der Waals surface area contributed by atoms with Crippen molar-refractivity contribution >= 4 is 10.0 Å². The fourth-order valence-corrected chi connectivity index (χ4v) is 4.32. The number of imidazole rings is 1. The van der Waals surface area contributed by atoms with E-state index < -0.39 is 10.0 Å². The molecule has 6 nitrogen and oxygen atoms in total. The molecule has 2 aliphatic rings. The van der Waals surface area contributed by atoms with Gasteiger partial charge in [-0.15, -0.1) is 0 Å². The van der Waals surface area contributed by atoms with Crippen molar-refractivity contribution in [2.75, 3.05) is 0 Å². The van der Waals surface area contributed by atoms with E-state index in [1.54, 1.807) is 6.20 Å². The van der Waals surface area contributed by atoms with Gasteiger partial charge < -0.3 is 10.3 Å². The third-order valence-electron chi connectivity index (χ3n) is 4.26. The van der Waals surface area contributed by atoms with Gasteiger partial charge >= 0.3 is 0 Å². The highest BCUT2D eigenvalue weighted by molar-refractivity contribution is 7.89. The molecule has 3 rings (SSSR count). The molecular formula is C13H22N4O2S. The van der Waals surface area contributed by atoms with E-state index in [4.69, 9.17) is 5.73 Å². The maximum absolute atomic E-state index is 12.4. The topological polar surface area (TPSA) is 90.0 Å². The van der Waals surface area contributed by atoms with Crippen LogP contribution >= 0.6 is 0 Å². The Bertz CT molecular complexity index is 550. The molecule has 0 unspecified atom stereocenters. The number of aryl methyl sites for hydroxylation is 2. The lowest BCUT2D eigenvalue weighted by molar-refractivity contribution is 0.373. The summed E-state index contributed by atoms with van der Waals surface area (Å²) in [6, 6.07) is 0.217. The second-order valence-corrected chi connectivity index (χ2v) is 7.54. The molecular weight excluding hydrogens is 276 g/mol. The average molecular weight is 298 g/mol. The molecule has 112 valence electrons. The summed E-state index contributed by atoms with van der Waals surface area (Å²) < 4.78 is 29.5. The molecule has 1 saturated carbocycles. The van der Waals surface area contributed by atoms with Crippen LogP contribution in [-0.2, 0) is 23.0 Å². The number of nitrogens with two attached hydrogens (primary N) is 1. The fourth-order valence-electron chi connectivity index (χ4n) is 3.03. The molecule has 0 amide bonds. The van der Waals surface area contributed by atoms with E-state index in [2.05, 4.69) is 9.71 Å². The molecule has 1 aliphatic carbocycles. The van der Waals surface area contributed by atoms with Gasteiger partial charge in [-0.1, -0.05) is 0 Å². The molecule has 1 aromatic heterocycles. The van der Waals surface area contributed by atoms with Crippen molar-refractivity contribution in [1.29, 1.82) is 0 Å². The molecule has 3 N–H and O–H groups in total. The van der Waals surface area contributed by atoms with Crippen molar-refractivity contribution in [1.82, 2.24) is 14.3 Å². The van der Waals surface area contributed by atoms with Gasteiger partial charge in [-0.25, -0.2) is 18.1 Å². The Kier molecular flexibility index (Phi) is 3.83. The van der Waals surface area contributed by atoms with Crippen LogP contribution in [0.1, 0.15) is 44.3 Å². The maximum atomic E-state index is 12.4. The molecule has 1 aromatic rings. The third kappa shape index (κ3) is 2.89. The molecule has 0 bridgehead atoms. The number of hydrogen-bond acceptors (Lipinski definition) is 4. The van der Waals surface area contributed by atoms with Crippen LogP contribution in [0.5, 0.6) is 0 Å². The van der Waals surface area contributed by atoms with Gasteiger partial charge in [0.05, 0.1) is 0 Å². The fraction of sp³-hybridized carbons (Fsp3) is 0.769. The summed E-state index contributed by atoms with van der Waals surface area (Å²) in [4.78, 5) is 4.29. The highest BCUT2D eigenvalue weighted by Crippen LogP contribution is 2.21. The second-order valence-electron chi connectivity index (χ2n) is 5.88. The first-order chi connectivity index (χ1) is 9.54. The zero-order valence-electron chi connectivity index (χ0n) is 11.6. The monoisotopic (exact) mass is 298 g/mol. The normalized spacial score (nSPS) is 27.2. The number of rotatable bonds is 3. The zero-order chi connectivity index (χ0) is 14.2. The van der Waals surface area contributed by atoms with Crippen molar-refractivity contribution in [3.63, 3.8) is 0 Å². The van der Waals surface area contributed by atoms with Gasteiger partial charge in [0.25, 0.3) is 10.0 Å². The van der Waals surface area contributed by atoms with E-state index >= 15 is 0 Å². The molecule has 0 radical (unpaired) electrons. The second kappa shape index (κ2) is 5.46. The Morgan fingerprint density at radius 2 is 2.00 bits per heavy atom. The van der Waals surface area contributed by atoms with E-state index in [1.807, 2.05) is 4.57 Å². The van der Waals surface area contributed by atoms with E-state index in [-0.39, 0.29) is 17.1 Å². The van der Waals surface area contributed by atoms with E-state index in [9.17, 15) is 8.42 Å². The quantitative estimate of drug-likeness (QED) is 0.862. The number of hydrogen-bond donors (Lipinski definition) is 2. The Labute approximate surface area is 119 Å². The highest BCUT2D eigenvalue weighted by Gasteiger charge is 2.27. The summed E-state index contributed by atoms with van der Waals surface area (Å²) in [5, 5.41) is 0.171. The Morgan fingerprint density at radius 1 is 1.25 bits per heavy atom. The largest absolute Gasteiger partial charge is 0.333 e. The first-order valence-corrected chi connectivity index (χ1v) is 8.87. The highest BCUT2D eigenvalue weighted by atomic mass is 32.2. The van der Waals surface area contributed by atoms with Crippen LogP contribution in [-0.4, -0.2) is 30.1 Å². The van der Waals surface area contributed by atoms with Gasteiger partial charge in [0, 0.05) is 31.2 Å². The lowest BCUT2D eigenvalue weighted by atomic mass is 9.93. The lowest BCUT2D eigenvalue weighted by Crippen LogP contribution is -2.40. The molecule has 1 fully saturated rings. The lowest BCUT2D eigenvalue weighted by Gasteiger charge is -2.26. The molecule has 7 heteroatoms.